The average molecular weight is 460 g/mol. The zero-order valence-corrected chi connectivity index (χ0v) is 18.5. The standard InChI is InChI=1S/C20H23N3O2S.C2H2O4/c1-15-10-17(26-13-15)19(25)22-8-4-20(5-9-22)11-18(24)23(14-20)12-16-2-6-21-7-3-16;3-1(4)2(5)6/h2-3,6-7,10,13H,4-5,8-9,11-12,14H2,1H3;(H,3,4)(H,5,6). The Bertz CT molecular complexity index is 986. The fourth-order valence-electron chi connectivity index (χ4n) is 4.05. The topological polar surface area (TPSA) is 128 Å². The monoisotopic (exact) mass is 459 g/mol. The van der Waals surface area contributed by atoms with Crippen LogP contribution in [0.25, 0.3) is 0 Å². The second kappa shape index (κ2) is 9.90. The Morgan fingerprint density at radius 3 is 2.28 bits per heavy atom. The lowest BCUT2D eigenvalue weighted by atomic mass is 9.77. The number of aryl methyl sites for hydroxylation is 1. The molecule has 2 fully saturated rings. The SMILES string of the molecule is Cc1csc(C(=O)N2CCC3(CC2)CC(=O)N(Cc2ccncc2)C3)c1.O=C(O)C(=O)O. The molecule has 0 bridgehead atoms. The number of likely N-dealkylation sites (tertiary alicyclic amines) is 2. The number of aliphatic carboxylic acids is 2. The number of hydrogen-bond acceptors (Lipinski definition) is 6. The van der Waals surface area contributed by atoms with Gasteiger partial charge in [-0.05, 0) is 54.5 Å². The van der Waals surface area contributed by atoms with Gasteiger partial charge in [-0.15, -0.1) is 11.3 Å². The maximum absolute atomic E-state index is 12.6. The molecular formula is C22H25N3O6S. The van der Waals surface area contributed by atoms with Gasteiger partial charge in [-0.1, -0.05) is 0 Å². The van der Waals surface area contributed by atoms with E-state index in [-0.39, 0.29) is 17.2 Å². The summed E-state index contributed by atoms with van der Waals surface area (Å²) < 4.78 is 0. The molecule has 32 heavy (non-hydrogen) atoms. The zero-order chi connectivity index (χ0) is 23.3. The number of aromatic nitrogens is 1. The van der Waals surface area contributed by atoms with Crippen LogP contribution < -0.4 is 0 Å². The highest BCUT2D eigenvalue weighted by Gasteiger charge is 2.45. The first kappa shape index (κ1) is 23.4. The first-order chi connectivity index (χ1) is 15.2. The molecule has 0 aliphatic carbocycles. The van der Waals surface area contributed by atoms with Crippen LogP contribution in [0.1, 0.15) is 40.1 Å². The Morgan fingerprint density at radius 2 is 1.75 bits per heavy atom. The Kier molecular flexibility index (Phi) is 7.24. The van der Waals surface area contributed by atoms with E-state index < -0.39 is 11.9 Å². The van der Waals surface area contributed by atoms with Gasteiger partial charge in [0, 0.05) is 50.4 Å². The van der Waals surface area contributed by atoms with Crippen molar-refractivity contribution in [2.45, 2.75) is 32.7 Å². The van der Waals surface area contributed by atoms with Crippen LogP contribution in [0.2, 0.25) is 0 Å². The third-order valence-corrected chi connectivity index (χ3v) is 6.80. The predicted octanol–water partition coefficient (Wildman–Crippen LogP) is 2.26. The van der Waals surface area contributed by atoms with Crippen molar-refractivity contribution in [2.24, 2.45) is 5.41 Å². The minimum Gasteiger partial charge on any atom is -0.473 e. The molecule has 2 N–H and O–H groups in total. The normalized spacial score (nSPS) is 17.1. The third-order valence-electron chi connectivity index (χ3n) is 5.76. The number of amides is 2. The summed E-state index contributed by atoms with van der Waals surface area (Å²) in [5.74, 6) is -3.28. The van der Waals surface area contributed by atoms with Crippen LogP contribution in [0.15, 0.2) is 36.0 Å². The number of thiophene rings is 1. The van der Waals surface area contributed by atoms with Crippen molar-refractivity contribution < 1.29 is 29.4 Å². The number of carboxylic acids is 2. The molecule has 2 aliphatic rings. The minimum absolute atomic E-state index is 0.0340. The van der Waals surface area contributed by atoms with Gasteiger partial charge in [0.2, 0.25) is 5.91 Å². The van der Waals surface area contributed by atoms with Crippen molar-refractivity contribution in [3.8, 4) is 0 Å². The predicted molar refractivity (Wildman–Crippen MR) is 116 cm³/mol. The summed E-state index contributed by atoms with van der Waals surface area (Å²) in [6.45, 7) is 4.95. The summed E-state index contributed by atoms with van der Waals surface area (Å²) in [6, 6.07) is 5.89. The van der Waals surface area contributed by atoms with E-state index in [0.29, 0.717) is 13.0 Å². The molecule has 0 saturated carbocycles. The van der Waals surface area contributed by atoms with Gasteiger partial charge in [0.05, 0.1) is 4.88 Å². The maximum atomic E-state index is 12.6. The van der Waals surface area contributed by atoms with Crippen LogP contribution in [-0.4, -0.2) is 68.4 Å². The smallest absolute Gasteiger partial charge is 0.414 e. The molecule has 9 nitrogen and oxygen atoms in total. The number of carboxylic acid groups (broad SMARTS) is 2. The number of hydrogen-bond donors (Lipinski definition) is 2. The summed E-state index contributed by atoms with van der Waals surface area (Å²) in [6.07, 6.45) is 5.95. The van der Waals surface area contributed by atoms with Crippen molar-refractivity contribution >= 4 is 35.1 Å². The summed E-state index contributed by atoms with van der Waals surface area (Å²) in [5.41, 5.74) is 2.29. The molecule has 2 aromatic rings. The van der Waals surface area contributed by atoms with Crippen LogP contribution in [-0.2, 0) is 20.9 Å². The highest BCUT2D eigenvalue weighted by Crippen LogP contribution is 2.41. The lowest BCUT2D eigenvalue weighted by molar-refractivity contribution is -0.159. The number of pyridine rings is 1. The third kappa shape index (κ3) is 5.70. The molecule has 170 valence electrons. The van der Waals surface area contributed by atoms with Gasteiger partial charge in [-0.2, -0.15) is 0 Å². The van der Waals surface area contributed by atoms with Gasteiger partial charge in [-0.3, -0.25) is 14.6 Å². The largest absolute Gasteiger partial charge is 0.473 e. The Hall–Kier alpha value is -3.27. The van der Waals surface area contributed by atoms with Gasteiger partial charge in [0.15, 0.2) is 0 Å². The molecule has 0 unspecified atom stereocenters. The summed E-state index contributed by atoms with van der Waals surface area (Å²) in [4.78, 5) is 52.1. The average Bonchev–Trinajstić information content (AvgIpc) is 3.32. The maximum Gasteiger partial charge on any atom is 0.414 e. The molecule has 0 radical (unpaired) electrons. The summed E-state index contributed by atoms with van der Waals surface area (Å²) >= 11 is 1.52. The second-order valence-electron chi connectivity index (χ2n) is 8.17. The van der Waals surface area contributed by atoms with Gasteiger partial charge < -0.3 is 20.0 Å². The molecule has 2 aromatic heterocycles. The Morgan fingerprint density at radius 1 is 1.12 bits per heavy atom. The van der Waals surface area contributed by atoms with Crippen molar-refractivity contribution in [1.29, 1.82) is 0 Å². The van der Waals surface area contributed by atoms with Gasteiger partial charge in [-0.25, -0.2) is 9.59 Å². The molecule has 2 amide bonds. The number of nitrogens with zero attached hydrogens (tertiary/aromatic N) is 3. The van der Waals surface area contributed by atoms with Crippen LogP contribution in [0.5, 0.6) is 0 Å². The van der Waals surface area contributed by atoms with Gasteiger partial charge >= 0.3 is 11.9 Å². The van der Waals surface area contributed by atoms with Crippen LogP contribution in [0, 0.1) is 12.3 Å². The molecule has 0 atom stereocenters. The number of rotatable bonds is 3. The molecule has 10 heteroatoms. The zero-order valence-electron chi connectivity index (χ0n) is 17.7. The van der Waals surface area contributed by atoms with E-state index >= 15 is 0 Å². The lowest BCUT2D eigenvalue weighted by Gasteiger charge is -2.38. The fraction of sp³-hybridized carbons (Fsp3) is 0.409. The molecule has 2 aliphatic heterocycles. The van der Waals surface area contributed by atoms with E-state index in [2.05, 4.69) is 4.98 Å². The molecule has 1 spiro atoms. The van der Waals surface area contributed by atoms with Gasteiger partial charge in [0.1, 0.15) is 0 Å². The quantitative estimate of drug-likeness (QED) is 0.674. The molecule has 4 rings (SSSR count). The van der Waals surface area contributed by atoms with Crippen LogP contribution >= 0.6 is 11.3 Å². The lowest BCUT2D eigenvalue weighted by Crippen LogP contribution is -2.44. The Balaban J connectivity index is 0.000000427. The van der Waals surface area contributed by atoms with E-state index in [1.54, 1.807) is 12.4 Å². The van der Waals surface area contributed by atoms with Crippen molar-refractivity contribution in [1.82, 2.24) is 14.8 Å². The molecule has 2 saturated heterocycles. The van der Waals surface area contributed by atoms with Crippen molar-refractivity contribution in [3.63, 3.8) is 0 Å². The fourth-order valence-corrected chi connectivity index (χ4v) is 4.92. The minimum atomic E-state index is -1.82. The van der Waals surface area contributed by atoms with E-state index in [0.717, 1.165) is 48.5 Å². The second-order valence-corrected chi connectivity index (χ2v) is 9.08. The highest BCUT2D eigenvalue weighted by atomic mass is 32.1. The van der Waals surface area contributed by atoms with E-state index in [1.165, 1.54) is 11.3 Å². The Labute approximate surface area is 189 Å². The number of piperidine rings is 1. The molecule has 4 heterocycles. The van der Waals surface area contributed by atoms with E-state index in [9.17, 15) is 9.59 Å². The van der Waals surface area contributed by atoms with Crippen LogP contribution in [0.3, 0.4) is 0 Å². The first-order valence-corrected chi connectivity index (χ1v) is 11.0. The highest BCUT2D eigenvalue weighted by molar-refractivity contribution is 7.12. The summed E-state index contributed by atoms with van der Waals surface area (Å²) in [7, 11) is 0. The summed E-state index contributed by atoms with van der Waals surface area (Å²) in [5, 5.41) is 16.8. The van der Waals surface area contributed by atoms with Crippen molar-refractivity contribution in [2.75, 3.05) is 19.6 Å². The number of carbonyl (C=O) groups excluding carboxylic acids is 2. The van der Waals surface area contributed by atoms with E-state index in [1.807, 2.05) is 40.3 Å². The van der Waals surface area contributed by atoms with Crippen LogP contribution in [0.4, 0.5) is 0 Å². The van der Waals surface area contributed by atoms with Crippen molar-refractivity contribution in [3.05, 3.63) is 52.0 Å². The van der Waals surface area contributed by atoms with Gasteiger partial charge in [0.25, 0.3) is 5.91 Å². The van der Waals surface area contributed by atoms with E-state index in [4.69, 9.17) is 19.8 Å². The molecular weight excluding hydrogens is 434 g/mol. The first-order valence-electron chi connectivity index (χ1n) is 10.2. The molecule has 0 aromatic carbocycles. The number of carbonyl (C=O) groups is 4.